The first kappa shape index (κ1) is 22.5. The van der Waals surface area contributed by atoms with Crippen molar-refractivity contribution in [3.8, 4) is 0 Å². The quantitative estimate of drug-likeness (QED) is 0.356. The molecule has 2 unspecified atom stereocenters. The van der Waals surface area contributed by atoms with Crippen LogP contribution in [0.1, 0.15) is 46.0 Å². The molecule has 0 radical (unpaired) electrons. The van der Waals surface area contributed by atoms with Crippen molar-refractivity contribution >= 4 is 17.8 Å². The second kappa shape index (κ2) is 11.2. The van der Waals surface area contributed by atoms with Crippen LogP contribution in [0.2, 0.25) is 0 Å². The molecule has 8 heteroatoms. The van der Waals surface area contributed by atoms with Gasteiger partial charge in [0.05, 0.1) is 6.04 Å². The van der Waals surface area contributed by atoms with Gasteiger partial charge in [0.1, 0.15) is 0 Å². The zero-order valence-electron chi connectivity index (χ0n) is 18.0. The van der Waals surface area contributed by atoms with Crippen LogP contribution in [-0.2, 0) is 9.59 Å². The first-order chi connectivity index (χ1) is 13.5. The minimum absolute atomic E-state index is 0.0333. The Hall–Kier alpha value is -1.83. The number of nitrogens with one attached hydrogen (secondary N) is 2. The number of amides is 2. The molecule has 8 nitrogen and oxygen atoms in total. The number of hydrogen-bond donors (Lipinski definition) is 2. The van der Waals surface area contributed by atoms with E-state index in [4.69, 9.17) is 4.99 Å². The minimum Gasteiger partial charge on any atom is -0.357 e. The summed E-state index contributed by atoms with van der Waals surface area (Å²) in [6.07, 6.45) is 4.50. The van der Waals surface area contributed by atoms with Crippen LogP contribution in [-0.4, -0.2) is 97.9 Å². The Morgan fingerprint density at radius 2 is 1.96 bits per heavy atom. The lowest BCUT2D eigenvalue weighted by atomic mass is 10.2. The molecule has 0 aromatic heterocycles. The number of hydrogen-bond acceptors (Lipinski definition) is 4. The van der Waals surface area contributed by atoms with E-state index in [1.54, 1.807) is 4.90 Å². The minimum atomic E-state index is 0.0333. The molecule has 160 valence electrons. The Balaban J connectivity index is 1.78. The number of rotatable bonds is 8. The molecule has 0 aliphatic carbocycles. The van der Waals surface area contributed by atoms with Crippen LogP contribution in [0.15, 0.2) is 4.99 Å². The second-order valence-electron chi connectivity index (χ2n) is 7.86. The van der Waals surface area contributed by atoms with Crippen LogP contribution in [0.5, 0.6) is 0 Å². The van der Waals surface area contributed by atoms with E-state index < -0.39 is 0 Å². The van der Waals surface area contributed by atoms with Gasteiger partial charge in [0, 0.05) is 59.3 Å². The Kier molecular flexibility index (Phi) is 9.02. The molecule has 0 spiro atoms. The largest absolute Gasteiger partial charge is 0.357 e. The van der Waals surface area contributed by atoms with Crippen molar-refractivity contribution in [3.05, 3.63) is 0 Å². The zero-order valence-corrected chi connectivity index (χ0v) is 18.0. The van der Waals surface area contributed by atoms with Crippen molar-refractivity contribution in [2.75, 3.05) is 53.4 Å². The van der Waals surface area contributed by atoms with E-state index in [0.29, 0.717) is 6.42 Å². The molecule has 2 fully saturated rings. The summed E-state index contributed by atoms with van der Waals surface area (Å²) in [6, 6.07) is 0.292. The highest BCUT2D eigenvalue weighted by Crippen LogP contribution is 2.18. The van der Waals surface area contributed by atoms with E-state index in [1.807, 2.05) is 25.9 Å². The van der Waals surface area contributed by atoms with Crippen molar-refractivity contribution in [2.45, 2.75) is 58.0 Å². The number of carbonyl (C=O) groups excluding carboxylic acids is 2. The highest BCUT2D eigenvalue weighted by molar-refractivity contribution is 5.82. The molecule has 0 aromatic rings. The molecule has 2 rings (SSSR count). The van der Waals surface area contributed by atoms with Gasteiger partial charge in [-0.1, -0.05) is 6.92 Å². The van der Waals surface area contributed by atoms with Gasteiger partial charge in [0.25, 0.3) is 0 Å². The number of likely N-dealkylation sites (N-methyl/N-ethyl adjacent to an activating group) is 1. The van der Waals surface area contributed by atoms with Crippen LogP contribution in [0.4, 0.5) is 0 Å². The average Bonchev–Trinajstić information content (AvgIpc) is 3.33. The molecule has 2 amide bonds. The van der Waals surface area contributed by atoms with Crippen molar-refractivity contribution in [2.24, 2.45) is 4.99 Å². The lowest BCUT2D eigenvalue weighted by Crippen LogP contribution is -2.45. The van der Waals surface area contributed by atoms with Crippen LogP contribution < -0.4 is 10.6 Å². The number of aliphatic imine (C=N–C) groups is 1. The van der Waals surface area contributed by atoms with E-state index in [2.05, 4.69) is 22.5 Å². The van der Waals surface area contributed by atoms with E-state index in [9.17, 15) is 9.59 Å². The average molecular weight is 395 g/mol. The van der Waals surface area contributed by atoms with Gasteiger partial charge in [-0.2, -0.15) is 0 Å². The summed E-state index contributed by atoms with van der Waals surface area (Å²) < 4.78 is 0. The highest BCUT2D eigenvalue weighted by Gasteiger charge is 2.31. The maximum atomic E-state index is 12.3. The fourth-order valence-electron chi connectivity index (χ4n) is 3.98. The van der Waals surface area contributed by atoms with Crippen LogP contribution in [0.3, 0.4) is 0 Å². The smallest absolute Gasteiger partial charge is 0.239 e. The Bertz CT molecular complexity index is 551. The van der Waals surface area contributed by atoms with E-state index in [-0.39, 0.29) is 23.9 Å². The third-order valence-corrected chi connectivity index (χ3v) is 5.49. The molecule has 0 bridgehead atoms. The SMILES string of the molecule is CCNC(=NCCCN1CCCC1C(=O)N(C)C)NC1CCN(C(=O)CC)C1. The zero-order chi connectivity index (χ0) is 20.5. The van der Waals surface area contributed by atoms with Gasteiger partial charge in [-0.25, -0.2) is 0 Å². The molecule has 0 aromatic carbocycles. The van der Waals surface area contributed by atoms with Crippen molar-refractivity contribution in [3.63, 3.8) is 0 Å². The molecular weight excluding hydrogens is 356 g/mol. The Morgan fingerprint density at radius 3 is 2.64 bits per heavy atom. The molecule has 2 saturated heterocycles. The predicted octanol–water partition coefficient (Wildman–Crippen LogP) is 0.495. The molecule has 2 N–H and O–H groups in total. The Labute approximate surface area is 169 Å². The summed E-state index contributed by atoms with van der Waals surface area (Å²) in [4.78, 5) is 34.7. The number of carbonyl (C=O) groups is 2. The van der Waals surface area contributed by atoms with E-state index >= 15 is 0 Å². The standard InChI is InChI=1S/C20H38N6O2/c1-5-18(27)26-14-10-16(15-26)23-20(21-6-2)22-11-8-13-25-12-7-9-17(25)19(28)24(3)4/h16-17H,5-15H2,1-4H3,(H2,21,22,23). The summed E-state index contributed by atoms with van der Waals surface area (Å²) in [5.74, 6) is 1.25. The van der Waals surface area contributed by atoms with Crippen LogP contribution in [0, 0.1) is 0 Å². The molecule has 2 aliphatic heterocycles. The van der Waals surface area contributed by atoms with Gasteiger partial charge in [0.2, 0.25) is 11.8 Å². The fourth-order valence-corrected chi connectivity index (χ4v) is 3.98. The third kappa shape index (κ3) is 6.36. The van der Waals surface area contributed by atoms with Crippen molar-refractivity contribution in [1.82, 2.24) is 25.3 Å². The van der Waals surface area contributed by atoms with Crippen LogP contribution >= 0.6 is 0 Å². The maximum absolute atomic E-state index is 12.3. The lowest BCUT2D eigenvalue weighted by Gasteiger charge is -2.25. The second-order valence-corrected chi connectivity index (χ2v) is 7.86. The molecule has 28 heavy (non-hydrogen) atoms. The normalized spacial score (nSPS) is 23.1. The van der Waals surface area contributed by atoms with Gasteiger partial charge in [-0.05, 0) is 39.2 Å². The summed E-state index contributed by atoms with van der Waals surface area (Å²) in [6.45, 7) is 8.96. The molecule has 2 atom stereocenters. The van der Waals surface area contributed by atoms with Crippen molar-refractivity contribution in [1.29, 1.82) is 0 Å². The number of likely N-dealkylation sites (tertiary alicyclic amines) is 2. The van der Waals surface area contributed by atoms with Crippen LogP contribution in [0.25, 0.3) is 0 Å². The molecular formula is C20H38N6O2. The van der Waals surface area contributed by atoms with Crippen molar-refractivity contribution < 1.29 is 9.59 Å². The predicted molar refractivity (Wildman–Crippen MR) is 112 cm³/mol. The monoisotopic (exact) mass is 394 g/mol. The Morgan fingerprint density at radius 1 is 1.18 bits per heavy atom. The van der Waals surface area contributed by atoms with Gasteiger partial charge in [0.15, 0.2) is 5.96 Å². The molecule has 0 saturated carbocycles. The van der Waals surface area contributed by atoms with E-state index in [1.165, 1.54) is 0 Å². The van der Waals surface area contributed by atoms with E-state index in [0.717, 1.165) is 70.9 Å². The maximum Gasteiger partial charge on any atom is 0.239 e. The summed E-state index contributed by atoms with van der Waals surface area (Å²) in [7, 11) is 3.66. The summed E-state index contributed by atoms with van der Waals surface area (Å²) in [5.41, 5.74) is 0. The molecule has 2 heterocycles. The van der Waals surface area contributed by atoms with Gasteiger partial charge in [-0.3, -0.25) is 19.5 Å². The van der Waals surface area contributed by atoms with Gasteiger partial charge >= 0.3 is 0 Å². The van der Waals surface area contributed by atoms with Gasteiger partial charge in [-0.15, -0.1) is 0 Å². The number of nitrogens with zero attached hydrogens (tertiary/aromatic N) is 4. The molecule has 2 aliphatic rings. The first-order valence-electron chi connectivity index (χ1n) is 10.7. The topological polar surface area (TPSA) is 80.3 Å². The fraction of sp³-hybridized carbons (Fsp3) is 0.850. The van der Waals surface area contributed by atoms with Gasteiger partial charge < -0.3 is 20.4 Å². The summed E-state index contributed by atoms with van der Waals surface area (Å²) in [5, 5.41) is 6.77. The highest BCUT2D eigenvalue weighted by atomic mass is 16.2. The summed E-state index contributed by atoms with van der Waals surface area (Å²) >= 11 is 0. The first-order valence-corrected chi connectivity index (χ1v) is 10.7. The third-order valence-electron chi connectivity index (χ3n) is 5.49. The number of guanidine groups is 1. The lowest BCUT2D eigenvalue weighted by molar-refractivity contribution is -0.133.